The van der Waals surface area contributed by atoms with E-state index in [4.69, 9.17) is 12.8 Å². The van der Waals surface area contributed by atoms with E-state index in [2.05, 4.69) is 5.10 Å². The summed E-state index contributed by atoms with van der Waals surface area (Å²) in [5.41, 5.74) is 0.305. The van der Waals surface area contributed by atoms with Gasteiger partial charge in [0.15, 0.2) is 5.43 Å². The van der Waals surface area contributed by atoms with Crippen molar-refractivity contribution in [2.24, 2.45) is 0 Å². The van der Waals surface area contributed by atoms with Gasteiger partial charge in [-0.25, -0.2) is 4.68 Å². The minimum Gasteiger partial charge on any atom is -0.438 e. The molecule has 0 fully saturated rings. The number of aromatic nitrogens is 2. The Morgan fingerprint density at radius 3 is 2.68 bits per heavy atom. The molecule has 22 heavy (non-hydrogen) atoms. The van der Waals surface area contributed by atoms with Gasteiger partial charge in [0.25, 0.3) is 0 Å². The van der Waals surface area contributed by atoms with Gasteiger partial charge in [0.05, 0.1) is 24.5 Å². The van der Waals surface area contributed by atoms with Gasteiger partial charge in [-0.3, -0.25) is 4.79 Å². The normalized spacial score (nSPS) is 11.2. The van der Waals surface area contributed by atoms with Crippen molar-refractivity contribution in [1.82, 2.24) is 9.78 Å². The highest BCUT2D eigenvalue weighted by Gasteiger charge is 2.14. The van der Waals surface area contributed by atoms with Gasteiger partial charge in [0.1, 0.15) is 5.58 Å². The molecule has 6 nitrogen and oxygen atoms in total. The van der Waals surface area contributed by atoms with Crippen molar-refractivity contribution >= 4 is 35.1 Å². The van der Waals surface area contributed by atoms with Crippen molar-refractivity contribution < 1.29 is 12.8 Å². The van der Waals surface area contributed by atoms with Crippen LogP contribution in [0.2, 0.25) is 0 Å². The van der Waals surface area contributed by atoms with E-state index in [0.717, 1.165) is 16.9 Å². The number of fused-ring (bicyclic) bond motifs is 1. The predicted octanol–water partition coefficient (Wildman–Crippen LogP) is 3.29. The van der Waals surface area contributed by atoms with Crippen LogP contribution in [0.4, 0.5) is 0 Å². The van der Waals surface area contributed by atoms with E-state index in [-0.39, 0.29) is 5.43 Å². The van der Waals surface area contributed by atoms with Crippen LogP contribution in [0.15, 0.2) is 55.7 Å². The fourth-order valence-corrected chi connectivity index (χ4v) is 3.25. The first-order valence-electron chi connectivity index (χ1n) is 6.26. The monoisotopic (exact) mass is 336 g/mol. The van der Waals surface area contributed by atoms with Crippen LogP contribution in [0.25, 0.3) is 16.9 Å². The number of hydrogen-bond acceptors (Lipinski definition) is 7. The second kappa shape index (κ2) is 6.57. The summed E-state index contributed by atoms with van der Waals surface area (Å²) in [5, 5.41) is 4.55. The lowest BCUT2D eigenvalue weighted by Gasteiger charge is -2.08. The lowest BCUT2D eigenvalue weighted by molar-refractivity contribution is 0.488. The lowest BCUT2D eigenvalue weighted by Crippen LogP contribution is -2.06. The van der Waals surface area contributed by atoms with Crippen LogP contribution >= 0.6 is 24.1 Å². The molecule has 3 rings (SSSR count). The second-order valence-corrected chi connectivity index (χ2v) is 6.11. The summed E-state index contributed by atoms with van der Waals surface area (Å²) in [6, 6.07) is 6.76. The van der Waals surface area contributed by atoms with Crippen molar-refractivity contribution in [2.45, 2.75) is 9.79 Å². The third-order valence-corrected chi connectivity index (χ3v) is 4.10. The zero-order chi connectivity index (χ0) is 15.5. The quantitative estimate of drug-likeness (QED) is 0.662. The summed E-state index contributed by atoms with van der Waals surface area (Å²) in [5.74, 6) is 0.357. The molecule has 0 unspecified atom stereocenters. The fourth-order valence-electron chi connectivity index (χ4n) is 2.03. The molecule has 0 saturated heterocycles. The van der Waals surface area contributed by atoms with Gasteiger partial charge < -0.3 is 12.8 Å². The van der Waals surface area contributed by atoms with Crippen LogP contribution in [-0.4, -0.2) is 24.0 Å². The van der Waals surface area contributed by atoms with Crippen LogP contribution in [-0.2, 0) is 8.37 Å². The Morgan fingerprint density at radius 1 is 1.18 bits per heavy atom. The average molecular weight is 336 g/mol. The van der Waals surface area contributed by atoms with E-state index in [9.17, 15) is 4.79 Å². The van der Waals surface area contributed by atoms with Gasteiger partial charge >= 0.3 is 0 Å². The summed E-state index contributed by atoms with van der Waals surface area (Å²) in [7, 11) is 3.13. The van der Waals surface area contributed by atoms with Crippen LogP contribution in [0.5, 0.6) is 0 Å². The Kier molecular flexibility index (Phi) is 4.53. The third-order valence-electron chi connectivity index (χ3n) is 2.84. The summed E-state index contributed by atoms with van der Waals surface area (Å²) < 4.78 is 17.5. The van der Waals surface area contributed by atoms with Crippen LogP contribution in [0.1, 0.15) is 0 Å². The maximum Gasteiger partial charge on any atom is 0.224 e. The molecular formula is C14H12N2O4S2. The third kappa shape index (κ3) is 2.91. The lowest BCUT2D eigenvalue weighted by atomic mass is 10.2. The summed E-state index contributed by atoms with van der Waals surface area (Å²) in [6.45, 7) is 0. The van der Waals surface area contributed by atoms with Crippen LogP contribution in [0.3, 0.4) is 0 Å². The van der Waals surface area contributed by atoms with Crippen molar-refractivity contribution in [3.05, 3.63) is 46.9 Å². The minimum atomic E-state index is -0.153. The molecule has 3 aromatic rings. The molecular weight excluding hydrogens is 324 g/mol. The molecule has 0 aliphatic rings. The summed E-state index contributed by atoms with van der Waals surface area (Å²) in [4.78, 5) is 13.9. The fraction of sp³-hybridized carbons (Fsp3) is 0.143. The zero-order valence-electron chi connectivity index (χ0n) is 11.8. The standard InChI is InChI=1S/C14H12N2O4S2/c1-18-21-9-6-11-14(12(7-9)22-19-2)10(17)8-13(20-11)16-5-3-4-15-16/h3-8H,1-2H3. The van der Waals surface area contributed by atoms with Crippen LogP contribution in [0, 0.1) is 0 Å². The molecule has 2 heterocycles. The molecule has 0 atom stereocenters. The SMILES string of the molecule is COSc1cc(SOC)c2c(=O)cc(-n3cccn3)oc2c1. The number of rotatable bonds is 5. The van der Waals surface area contributed by atoms with Crippen molar-refractivity contribution in [1.29, 1.82) is 0 Å². The molecule has 0 spiro atoms. The molecule has 0 aliphatic carbocycles. The van der Waals surface area contributed by atoms with Crippen molar-refractivity contribution in [2.75, 3.05) is 14.2 Å². The molecule has 0 saturated carbocycles. The Labute approximate surface area is 134 Å². The van der Waals surface area contributed by atoms with E-state index in [1.165, 1.54) is 22.8 Å². The molecule has 0 radical (unpaired) electrons. The van der Waals surface area contributed by atoms with E-state index >= 15 is 0 Å². The Morgan fingerprint density at radius 2 is 2.00 bits per heavy atom. The molecule has 2 aromatic heterocycles. The second-order valence-electron chi connectivity index (χ2n) is 4.19. The van der Waals surface area contributed by atoms with E-state index in [1.54, 1.807) is 38.7 Å². The largest absolute Gasteiger partial charge is 0.438 e. The van der Waals surface area contributed by atoms with Crippen molar-refractivity contribution in [3.8, 4) is 5.88 Å². The van der Waals surface area contributed by atoms with Gasteiger partial charge in [-0.2, -0.15) is 5.10 Å². The highest BCUT2D eigenvalue weighted by atomic mass is 32.2. The minimum absolute atomic E-state index is 0.153. The van der Waals surface area contributed by atoms with Crippen molar-refractivity contribution in [3.63, 3.8) is 0 Å². The Balaban J connectivity index is 2.25. The van der Waals surface area contributed by atoms with E-state index in [1.807, 2.05) is 6.07 Å². The Hall–Kier alpha value is -1.74. The molecule has 0 N–H and O–H groups in total. The van der Waals surface area contributed by atoms with Gasteiger partial charge in [-0.15, -0.1) is 0 Å². The summed E-state index contributed by atoms with van der Waals surface area (Å²) >= 11 is 2.30. The number of nitrogens with zero attached hydrogens (tertiary/aromatic N) is 2. The predicted molar refractivity (Wildman–Crippen MR) is 85.3 cm³/mol. The van der Waals surface area contributed by atoms with Gasteiger partial charge in [-0.05, 0) is 18.2 Å². The van der Waals surface area contributed by atoms with Gasteiger partial charge in [0, 0.05) is 47.4 Å². The molecule has 0 amide bonds. The first-order chi connectivity index (χ1) is 10.7. The molecule has 1 aromatic carbocycles. The van der Waals surface area contributed by atoms with Crippen LogP contribution < -0.4 is 5.43 Å². The average Bonchev–Trinajstić information content (AvgIpc) is 3.01. The number of benzene rings is 1. The van der Waals surface area contributed by atoms with E-state index in [0.29, 0.717) is 21.7 Å². The molecule has 8 heteroatoms. The maximum atomic E-state index is 12.5. The topological polar surface area (TPSA) is 66.5 Å². The highest BCUT2D eigenvalue weighted by Crippen LogP contribution is 2.32. The first-order valence-corrected chi connectivity index (χ1v) is 7.74. The smallest absolute Gasteiger partial charge is 0.224 e. The highest BCUT2D eigenvalue weighted by molar-refractivity contribution is 7.95. The van der Waals surface area contributed by atoms with Gasteiger partial charge in [-0.1, -0.05) is 0 Å². The summed E-state index contributed by atoms with van der Waals surface area (Å²) in [6.07, 6.45) is 3.33. The maximum absolute atomic E-state index is 12.5. The molecule has 0 bridgehead atoms. The first kappa shape index (κ1) is 15.2. The molecule has 114 valence electrons. The number of hydrogen-bond donors (Lipinski definition) is 0. The van der Waals surface area contributed by atoms with E-state index < -0.39 is 0 Å². The zero-order valence-corrected chi connectivity index (χ0v) is 13.4. The van der Waals surface area contributed by atoms with Gasteiger partial charge in [0.2, 0.25) is 5.88 Å². The Bertz CT molecular complexity index is 846. The molecule has 0 aliphatic heterocycles.